The molecule has 1 saturated heterocycles. The van der Waals surface area contributed by atoms with Gasteiger partial charge in [0.1, 0.15) is 12.4 Å². The van der Waals surface area contributed by atoms with E-state index >= 15 is 0 Å². The van der Waals surface area contributed by atoms with E-state index in [1.807, 2.05) is 30.3 Å². The van der Waals surface area contributed by atoms with Crippen LogP contribution in [0.15, 0.2) is 53.7 Å². The second-order valence-corrected chi connectivity index (χ2v) is 7.60. The van der Waals surface area contributed by atoms with Crippen LogP contribution in [0.25, 0.3) is 0 Å². The average Bonchev–Trinajstić information content (AvgIpc) is 3.40. The van der Waals surface area contributed by atoms with Crippen LogP contribution in [0.1, 0.15) is 40.2 Å². The fourth-order valence-electron chi connectivity index (χ4n) is 4.34. The van der Waals surface area contributed by atoms with E-state index < -0.39 is 0 Å². The van der Waals surface area contributed by atoms with Crippen molar-refractivity contribution < 1.29 is 18.7 Å². The predicted octanol–water partition coefficient (Wildman–Crippen LogP) is 3.83. The number of amides is 2. The summed E-state index contributed by atoms with van der Waals surface area (Å²) < 4.78 is 11.0. The van der Waals surface area contributed by atoms with Crippen LogP contribution in [0.5, 0.6) is 0 Å². The molecule has 152 valence electrons. The summed E-state index contributed by atoms with van der Waals surface area (Å²) in [5.41, 5.74) is 2.42. The molecular weight excluding hydrogens is 370 g/mol. The summed E-state index contributed by atoms with van der Waals surface area (Å²) in [5.74, 6) is 0.867. The molecule has 0 bridgehead atoms. The van der Waals surface area contributed by atoms with Crippen molar-refractivity contribution in [2.75, 3.05) is 32.6 Å². The first-order valence-electron chi connectivity index (χ1n) is 9.71. The van der Waals surface area contributed by atoms with E-state index in [2.05, 4.69) is 11.9 Å². The zero-order valence-corrected chi connectivity index (χ0v) is 16.6. The number of nitrogens with one attached hydrogen (secondary N) is 1. The van der Waals surface area contributed by atoms with Crippen LogP contribution in [0.3, 0.4) is 0 Å². The van der Waals surface area contributed by atoms with Gasteiger partial charge in [-0.15, -0.1) is 0 Å². The maximum atomic E-state index is 12.7. The summed E-state index contributed by atoms with van der Waals surface area (Å²) in [6, 6.07) is 9.16. The van der Waals surface area contributed by atoms with Crippen molar-refractivity contribution in [2.45, 2.75) is 18.5 Å². The van der Waals surface area contributed by atoms with Crippen molar-refractivity contribution in [1.82, 2.24) is 9.80 Å². The van der Waals surface area contributed by atoms with Gasteiger partial charge in [-0.25, -0.2) is 4.79 Å². The van der Waals surface area contributed by atoms with Crippen molar-refractivity contribution in [3.05, 3.63) is 66.1 Å². The van der Waals surface area contributed by atoms with Crippen molar-refractivity contribution in [3.8, 4) is 0 Å². The molecule has 7 nitrogen and oxygen atoms in total. The van der Waals surface area contributed by atoms with Crippen LogP contribution in [0, 0.1) is 5.92 Å². The van der Waals surface area contributed by atoms with Gasteiger partial charge in [0.2, 0.25) is 0 Å². The summed E-state index contributed by atoms with van der Waals surface area (Å²) in [6.07, 6.45) is 3.65. The van der Waals surface area contributed by atoms with Crippen molar-refractivity contribution >= 4 is 17.7 Å². The molecule has 0 spiro atoms. The lowest BCUT2D eigenvalue weighted by Gasteiger charge is -2.38. The topological polar surface area (TPSA) is 75.0 Å². The summed E-state index contributed by atoms with van der Waals surface area (Å²) >= 11 is 0. The Bertz CT molecular complexity index is 922. The van der Waals surface area contributed by atoms with Crippen LogP contribution >= 0.6 is 0 Å². The van der Waals surface area contributed by atoms with Gasteiger partial charge in [-0.3, -0.25) is 4.79 Å². The smallest absolute Gasteiger partial charge is 0.410 e. The standard InChI is InChI=1S/C22H25N3O4/c1-4-11-29-22(27)25-10-9-15-19(18-6-5-12-28-18)23-17-8-7-14(21(26)24(2)3)13-16(17)20(15)25/h4-8,12-13,15,19-20,23H,1,9-11H2,2-3H3/t15-,19?,20-/m0/s1. The molecule has 3 heterocycles. The molecule has 29 heavy (non-hydrogen) atoms. The fourth-order valence-corrected chi connectivity index (χ4v) is 4.34. The molecule has 3 atom stereocenters. The number of rotatable bonds is 4. The number of carbonyl (C=O) groups excluding carboxylic acids is 2. The average molecular weight is 395 g/mol. The molecule has 1 aromatic carbocycles. The first-order valence-corrected chi connectivity index (χ1v) is 9.71. The maximum Gasteiger partial charge on any atom is 0.410 e. The minimum Gasteiger partial charge on any atom is -0.467 e. The lowest BCUT2D eigenvalue weighted by molar-refractivity contribution is 0.0827. The SMILES string of the molecule is C=CCOC(=O)N1CC[C@H]2C(c3ccco3)Nc3ccc(C(=O)N(C)C)cc3[C@H]21. The Morgan fingerprint density at radius 2 is 2.21 bits per heavy atom. The molecule has 7 heteroatoms. The molecule has 2 aliphatic rings. The molecule has 1 fully saturated rings. The van der Waals surface area contributed by atoms with Gasteiger partial charge in [-0.05, 0) is 42.3 Å². The number of fused-ring (bicyclic) bond motifs is 3. The van der Waals surface area contributed by atoms with E-state index in [0.29, 0.717) is 12.1 Å². The van der Waals surface area contributed by atoms with Crippen molar-refractivity contribution in [3.63, 3.8) is 0 Å². The number of ether oxygens (including phenoxy) is 1. The van der Waals surface area contributed by atoms with Gasteiger partial charge in [-0.2, -0.15) is 0 Å². The molecule has 2 aliphatic heterocycles. The number of anilines is 1. The van der Waals surface area contributed by atoms with Gasteiger partial charge in [-0.1, -0.05) is 12.7 Å². The Morgan fingerprint density at radius 3 is 2.90 bits per heavy atom. The Labute approximate surface area is 169 Å². The largest absolute Gasteiger partial charge is 0.467 e. The van der Waals surface area contributed by atoms with Gasteiger partial charge in [0.05, 0.1) is 18.3 Å². The zero-order chi connectivity index (χ0) is 20.5. The minimum absolute atomic E-state index is 0.0601. The molecular formula is C22H25N3O4. The molecule has 0 radical (unpaired) electrons. The molecule has 2 amide bonds. The number of hydrogen-bond acceptors (Lipinski definition) is 5. The molecule has 1 N–H and O–H groups in total. The van der Waals surface area contributed by atoms with E-state index in [-0.39, 0.29) is 36.6 Å². The van der Waals surface area contributed by atoms with Crippen LogP contribution in [-0.2, 0) is 4.74 Å². The highest BCUT2D eigenvalue weighted by atomic mass is 16.6. The molecule has 1 aromatic heterocycles. The number of likely N-dealkylation sites (tertiary alicyclic amines) is 1. The third kappa shape index (κ3) is 3.37. The Kier molecular flexibility index (Phi) is 5.05. The molecule has 0 aliphatic carbocycles. The Morgan fingerprint density at radius 1 is 1.38 bits per heavy atom. The van der Waals surface area contributed by atoms with E-state index in [1.165, 1.54) is 0 Å². The number of furan rings is 1. The zero-order valence-electron chi connectivity index (χ0n) is 16.6. The number of hydrogen-bond donors (Lipinski definition) is 1. The van der Waals surface area contributed by atoms with Gasteiger partial charge < -0.3 is 24.3 Å². The van der Waals surface area contributed by atoms with E-state index in [0.717, 1.165) is 23.4 Å². The molecule has 2 aromatic rings. The summed E-state index contributed by atoms with van der Waals surface area (Å²) in [6.45, 7) is 4.35. The van der Waals surface area contributed by atoms with Gasteiger partial charge in [0, 0.05) is 37.8 Å². The van der Waals surface area contributed by atoms with Crippen LogP contribution in [0.4, 0.5) is 10.5 Å². The maximum absolute atomic E-state index is 12.7. The summed E-state index contributed by atoms with van der Waals surface area (Å²) in [4.78, 5) is 28.5. The van der Waals surface area contributed by atoms with E-state index in [1.54, 1.807) is 36.2 Å². The third-order valence-corrected chi connectivity index (χ3v) is 5.62. The van der Waals surface area contributed by atoms with Gasteiger partial charge in [0.25, 0.3) is 5.91 Å². The molecule has 1 unspecified atom stereocenters. The first kappa shape index (κ1) is 19.1. The second-order valence-electron chi connectivity index (χ2n) is 7.60. The normalized spacial score (nSPS) is 22.3. The number of nitrogens with zero attached hydrogens (tertiary/aromatic N) is 2. The van der Waals surface area contributed by atoms with Gasteiger partial charge >= 0.3 is 6.09 Å². The number of carbonyl (C=O) groups is 2. The van der Waals surface area contributed by atoms with Gasteiger partial charge in [0.15, 0.2) is 0 Å². The third-order valence-electron chi connectivity index (χ3n) is 5.62. The predicted molar refractivity (Wildman–Crippen MR) is 109 cm³/mol. The summed E-state index contributed by atoms with van der Waals surface area (Å²) in [5, 5.41) is 3.56. The second kappa shape index (κ2) is 7.66. The summed E-state index contributed by atoms with van der Waals surface area (Å²) in [7, 11) is 3.45. The van der Waals surface area contributed by atoms with E-state index in [9.17, 15) is 9.59 Å². The molecule has 0 saturated carbocycles. The minimum atomic E-state index is -0.368. The lowest BCUT2D eigenvalue weighted by atomic mass is 9.81. The first-order chi connectivity index (χ1) is 14.0. The van der Waals surface area contributed by atoms with Crippen molar-refractivity contribution in [1.29, 1.82) is 0 Å². The van der Waals surface area contributed by atoms with Crippen LogP contribution in [0.2, 0.25) is 0 Å². The lowest BCUT2D eigenvalue weighted by Crippen LogP contribution is -2.38. The van der Waals surface area contributed by atoms with Crippen LogP contribution < -0.4 is 5.32 Å². The van der Waals surface area contributed by atoms with E-state index in [4.69, 9.17) is 9.15 Å². The number of benzene rings is 1. The Hall–Kier alpha value is -3.22. The highest BCUT2D eigenvalue weighted by Gasteiger charge is 2.47. The highest BCUT2D eigenvalue weighted by molar-refractivity contribution is 5.94. The van der Waals surface area contributed by atoms with Crippen molar-refractivity contribution in [2.24, 2.45) is 5.92 Å². The monoisotopic (exact) mass is 395 g/mol. The fraction of sp³-hybridized carbons (Fsp3) is 0.364. The highest BCUT2D eigenvalue weighted by Crippen LogP contribution is 2.51. The Balaban J connectivity index is 1.76. The molecule has 4 rings (SSSR count). The van der Waals surface area contributed by atoms with Crippen LogP contribution in [-0.4, -0.2) is 49.0 Å². The quantitative estimate of drug-likeness (QED) is 0.797.